The maximum absolute atomic E-state index is 13.5. The van der Waals surface area contributed by atoms with E-state index in [1.165, 1.54) is 44.5 Å². The number of hydrogen-bond acceptors (Lipinski definition) is 9. The Balaban J connectivity index is 1.63. The average Bonchev–Trinajstić information content (AvgIpc) is 3.30. The molecule has 0 aliphatic carbocycles. The SMILES string of the molecule is CNC(=O)c1c(-c2ccc(F)cc2)oc2nc(N(CCCNS(=O)(=O)c3ccccc3NOC)S(C)(=O)=O)c(C)cc12. The minimum Gasteiger partial charge on any atom is -0.437 e. The van der Waals surface area contributed by atoms with Crippen LogP contribution < -0.4 is 19.8 Å². The molecule has 4 rings (SSSR count). The number of hydrogen-bond donors (Lipinski definition) is 3. The number of carbonyl (C=O) groups is 1. The number of carbonyl (C=O) groups excluding carboxylic acids is 1. The Bertz CT molecular complexity index is 1830. The number of aromatic nitrogens is 1. The number of benzene rings is 2. The summed E-state index contributed by atoms with van der Waals surface area (Å²) in [6, 6.07) is 13.1. The number of furan rings is 1. The summed E-state index contributed by atoms with van der Waals surface area (Å²) < 4.78 is 74.4. The van der Waals surface area contributed by atoms with Gasteiger partial charge < -0.3 is 9.73 Å². The lowest BCUT2D eigenvalue weighted by Crippen LogP contribution is -2.35. The van der Waals surface area contributed by atoms with Crippen molar-refractivity contribution in [3.8, 4) is 11.3 Å². The van der Waals surface area contributed by atoms with Gasteiger partial charge in [0, 0.05) is 25.7 Å². The number of halogens is 1. The van der Waals surface area contributed by atoms with Crippen LogP contribution in [0.25, 0.3) is 22.4 Å². The summed E-state index contributed by atoms with van der Waals surface area (Å²) in [5.41, 5.74) is 3.80. The third kappa shape index (κ3) is 6.54. The van der Waals surface area contributed by atoms with Gasteiger partial charge in [0.05, 0.1) is 30.0 Å². The highest BCUT2D eigenvalue weighted by Crippen LogP contribution is 2.36. The number of sulfonamides is 2. The van der Waals surface area contributed by atoms with E-state index < -0.39 is 31.8 Å². The number of aryl methyl sites for hydroxylation is 1. The third-order valence-electron chi connectivity index (χ3n) is 6.26. The highest BCUT2D eigenvalue weighted by Gasteiger charge is 2.27. The van der Waals surface area contributed by atoms with Crippen molar-refractivity contribution in [3.63, 3.8) is 0 Å². The third-order valence-corrected chi connectivity index (χ3v) is 8.94. The number of nitrogens with zero attached hydrogens (tertiary/aromatic N) is 2. The predicted molar refractivity (Wildman–Crippen MR) is 157 cm³/mol. The molecule has 4 aromatic rings. The lowest BCUT2D eigenvalue weighted by atomic mass is 10.0. The van der Waals surface area contributed by atoms with Crippen LogP contribution in [-0.4, -0.2) is 61.2 Å². The van der Waals surface area contributed by atoms with E-state index in [1.54, 1.807) is 31.2 Å². The molecule has 2 heterocycles. The average molecular weight is 620 g/mol. The van der Waals surface area contributed by atoms with Crippen molar-refractivity contribution < 1.29 is 35.3 Å². The monoisotopic (exact) mass is 619 g/mol. The fourth-order valence-corrected chi connectivity index (χ4v) is 6.54. The van der Waals surface area contributed by atoms with Crippen LogP contribution in [0.2, 0.25) is 0 Å². The van der Waals surface area contributed by atoms with Crippen molar-refractivity contribution in [2.45, 2.75) is 18.2 Å². The van der Waals surface area contributed by atoms with E-state index in [4.69, 9.17) is 9.25 Å². The molecule has 0 atom stereocenters. The van der Waals surface area contributed by atoms with Crippen molar-refractivity contribution in [3.05, 3.63) is 71.5 Å². The summed E-state index contributed by atoms with van der Waals surface area (Å²) in [4.78, 5) is 22.1. The van der Waals surface area contributed by atoms with E-state index in [1.807, 2.05) is 0 Å². The molecule has 224 valence electrons. The van der Waals surface area contributed by atoms with Crippen LogP contribution in [0.4, 0.5) is 15.9 Å². The summed E-state index contributed by atoms with van der Waals surface area (Å²) >= 11 is 0. The van der Waals surface area contributed by atoms with Gasteiger partial charge in [-0.3, -0.25) is 19.4 Å². The molecule has 0 fully saturated rings. The van der Waals surface area contributed by atoms with Crippen molar-refractivity contribution >= 4 is 48.6 Å². The quantitative estimate of drug-likeness (QED) is 0.160. The number of rotatable bonds is 12. The number of amides is 1. The minimum atomic E-state index is -3.94. The van der Waals surface area contributed by atoms with Crippen molar-refractivity contribution in [1.82, 2.24) is 15.0 Å². The Morgan fingerprint density at radius 3 is 2.43 bits per heavy atom. The van der Waals surface area contributed by atoms with E-state index in [-0.39, 0.29) is 52.9 Å². The standard InChI is InChI=1S/C27H30FN5O7S2/c1-17-16-20-23(26(34)29-2)24(18-10-12-19(28)13-11-18)40-27(20)31-25(17)33(41(4,35)36)15-7-14-30-42(37,38)22-9-6-5-8-21(22)32-39-3/h5-6,8-13,16,30,32H,7,14-15H2,1-4H3,(H,29,34). The maximum Gasteiger partial charge on any atom is 0.255 e. The van der Waals surface area contributed by atoms with E-state index in [2.05, 4.69) is 20.5 Å². The van der Waals surface area contributed by atoms with E-state index >= 15 is 0 Å². The molecule has 0 aliphatic rings. The molecule has 0 aliphatic heterocycles. The fourth-order valence-electron chi connectivity index (χ4n) is 4.35. The highest BCUT2D eigenvalue weighted by atomic mass is 32.2. The molecule has 0 saturated carbocycles. The van der Waals surface area contributed by atoms with E-state index in [9.17, 15) is 26.0 Å². The summed E-state index contributed by atoms with van der Waals surface area (Å²) in [7, 11) is -5.00. The predicted octanol–water partition coefficient (Wildman–Crippen LogP) is 3.41. The van der Waals surface area contributed by atoms with Gasteiger partial charge in [0.25, 0.3) is 5.91 Å². The van der Waals surface area contributed by atoms with Gasteiger partial charge in [-0.2, -0.15) is 4.98 Å². The second-order valence-electron chi connectivity index (χ2n) is 9.26. The Labute approximate surface area is 242 Å². The fraction of sp³-hybridized carbons (Fsp3) is 0.259. The Morgan fingerprint density at radius 2 is 1.79 bits per heavy atom. The van der Waals surface area contributed by atoms with Crippen LogP contribution in [0.1, 0.15) is 22.3 Å². The first kappa shape index (κ1) is 30.9. The number of pyridine rings is 1. The topological polar surface area (TPSA) is 160 Å². The van der Waals surface area contributed by atoms with E-state index in [0.717, 1.165) is 10.6 Å². The Kier molecular flexibility index (Phi) is 9.15. The summed E-state index contributed by atoms with van der Waals surface area (Å²) in [5.74, 6) is -0.714. The zero-order chi connectivity index (χ0) is 30.7. The second kappa shape index (κ2) is 12.4. The van der Waals surface area contributed by atoms with E-state index in [0.29, 0.717) is 16.5 Å². The molecule has 2 aromatic carbocycles. The number of fused-ring (bicyclic) bond motifs is 1. The lowest BCUT2D eigenvalue weighted by Gasteiger charge is -2.23. The molecule has 0 unspecified atom stereocenters. The smallest absolute Gasteiger partial charge is 0.255 e. The number of anilines is 2. The lowest BCUT2D eigenvalue weighted by molar-refractivity contribution is 0.0964. The van der Waals surface area contributed by atoms with Crippen molar-refractivity contribution in [2.24, 2.45) is 0 Å². The summed E-state index contributed by atoms with van der Waals surface area (Å²) in [6.45, 7) is 1.46. The zero-order valence-electron chi connectivity index (χ0n) is 23.3. The van der Waals surface area contributed by atoms with Gasteiger partial charge >= 0.3 is 0 Å². The van der Waals surface area contributed by atoms with Crippen LogP contribution in [0.5, 0.6) is 0 Å². The molecule has 0 saturated heterocycles. The molecule has 0 bridgehead atoms. The summed E-state index contributed by atoms with van der Waals surface area (Å²) in [6.07, 6.45) is 1.12. The molecule has 12 nitrogen and oxygen atoms in total. The number of nitrogens with one attached hydrogen (secondary N) is 3. The van der Waals surface area contributed by atoms with Gasteiger partial charge in [0.1, 0.15) is 22.3 Å². The molecular formula is C27H30FN5O7S2. The van der Waals surface area contributed by atoms with Crippen LogP contribution in [-0.2, 0) is 24.9 Å². The minimum absolute atomic E-state index is 0.00475. The van der Waals surface area contributed by atoms with Crippen molar-refractivity contribution in [1.29, 1.82) is 0 Å². The van der Waals surface area contributed by atoms with Gasteiger partial charge in [-0.15, -0.1) is 0 Å². The van der Waals surface area contributed by atoms with Crippen LogP contribution in [0.15, 0.2) is 63.9 Å². The normalized spacial score (nSPS) is 11.9. The molecule has 2 aromatic heterocycles. The molecular weight excluding hydrogens is 589 g/mol. The first-order valence-corrected chi connectivity index (χ1v) is 16.0. The van der Waals surface area contributed by atoms with Crippen LogP contribution in [0, 0.1) is 12.7 Å². The van der Waals surface area contributed by atoms with Crippen LogP contribution >= 0.6 is 0 Å². The molecule has 0 spiro atoms. The molecule has 1 amide bonds. The Hall–Kier alpha value is -4.05. The van der Waals surface area contributed by atoms with Gasteiger partial charge in [-0.25, -0.2) is 25.9 Å². The maximum atomic E-state index is 13.5. The van der Waals surface area contributed by atoms with Gasteiger partial charge in [0.15, 0.2) is 0 Å². The molecule has 3 N–H and O–H groups in total. The van der Waals surface area contributed by atoms with Gasteiger partial charge in [-0.1, -0.05) is 12.1 Å². The summed E-state index contributed by atoms with van der Waals surface area (Å²) in [5, 5.41) is 2.90. The zero-order valence-corrected chi connectivity index (χ0v) is 24.9. The first-order chi connectivity index (χ1) is 19.9. The van der Waals surface area contributed by atoms with Crippen molar-refractivity contribution in [2.75, 3.05) is 43.3 Å². The highest BCUT2D eigenvalue weighted by molar-refractivity contribution is 7.92. The molecule has 15 heteroatoms. The second-order valence-corrected chi connectivity index (χ2v) is 12.9. The first-order valence-electron chi connectivity index (χ1n) is 12.6. The molecule has 0 radical (unpaired) electrons. The molecule has 42 heavy (non-hydrogen) atoms. The van der Waals surface area contributed by atoms with Gasteiger partial charge in [0.2, 0.25) is 25.8 Å². The number of para-hydroxylation sites is 1. The van der Waals surface area contributed by atoms with Gasteiger partial charge in [-0.05, 0) is 61.4 Å². The van der Waals surface area contributed by atoms with Crippen LogP contribution in [0.3, 0.4) is 0 Å². The Morgan fingerprint density at radius 1 is 1.10 bits per heavy atom. The largest absolute Gasteiger partial charge is 0.437 e.